The summed E-state index contributed by atoms with van der Waals surface area (Å²) in [5.41, 5.74) is 4.25. The molecule has 0 spiro atoms. The summed E-state index contributed by atoms with van der Waals surface area (Å²) in [5, 5.41) is 3.24. The molecule has 120 valence electrons. The first-order valence-electron chi connectivity index (χ1n) is 8.18. The van der Waals surface area contributed by atoms with Gasteiger partial charge in [-0.2, -0.15) is 4.98 Å². The van der Waals surface area contributed by atoms with Crippen LogP contribution in [0.15, 0.2) is 52.9 Å². The van der Waals surface area contributed by atoms with E-state index in [1.807, 2.05) is 24.3 Å². The van der Waals surface area contributed by atoms with Crippen LogP contribution in [0.2, 0.25) is 0 Å². The van der Waals surface area contributed by atoms with Gasteiger partial charge in [-0.1, -0.05) is 50.2 Å². The maximum Gasteiger partial charge on any atom is 0.295 e. The van der Waals surface area contributed by atoms with Crippen molar-refractivity contribution in [3.05, 3.63) is 59.7 Å². The highest BCUT2D eigenvalue weighted by molar-refractivity contribution is 5.74. The molecule has 1 N–H and O–H groups in total. The molecule has 1 heterocycles. The summed E-state index contributed by atoms with van der Waals surface area (Å²) in [7, 11) is 0. The zero-order valence-corrected chi connectivity index (χ0v) is 13.7. The van der Waals surface area contributed by atoms with Gasteiger partial charge in [0.25, 0.3) is 6.01 Å². The Bertz CT molecular complexity index is 712. The summed E-state index contributed by atoms with van der Waals surface area (Å²) >= 11 is 0. The van der Waals surface area contributed by atoms with Gasteiger partial charge in [0.15, 0.2) is 5.58 Å². The largest absolute Gasteiger partial charge is 0.424 e. The minimum atomic E-state index is 0.568. The fraction of sp³-hybridized carbons (Fsp3) is 0.316. The molecule has 0 saturated carbocycles. The lowest BCUT2D eigenvalue weighted by Crippen LogP contribution is -2.22. The van der Waals surface area contributed by atoms with E-state index in [4.69, 9.17) is 4.42 Å². The summed E-state index contributed by atoms with van der Waals surface area (Å²) < 4.78 is 5.67. The second-order valence-corrected chi connectivity index (χ2v) is 5.62. The number of oxazole rings is 1. The van der Waals surface area contributed by atoms with Gasteiger partial charge < -0.3 is 9.73 Å². The van der Waals surface area contributed by atoms with E-state index in [9.17, 15) is 0 Å². The zero-order valence-electron chi connectivity index (χ0n) is 13.7. The summed E-state index contributed by atoms with van der Waals surface area (Å²) in [6.07, 6.45) is 0. The van der Waals surface area contributed by atoms with Gasteiger partial charge in [0.1, 0.15) is 5.52 Å². The van der Waals surface area contributed by atoms with Gasteiger partial charge in [-0.15, -0.1) is 0 Å². The van der Waals surface area contributed by atoms with Crippen molar-refractivity contribution in [2.45, 2.75) is 26.9 Å². The van der Waals surface area contributed by atoms with Crippen molar-refractivity contribution in [2.75, 3.05) is 18.4 Å². The van der Waals surface area contributed by atoms with Crippen LogP contribution < -0.4 is 5.32 Å². The lowest BCUT2D eigenvalue weighted by molar-refractivity contribution is 0.296. The second kappa shape index (κ2) is 7.29. The molecule has 0 aliphatic heterocycles. The molecule has 0 atom stereocenters. The predicted molar refractivity (Wildman–Crippen MR) is 94.4 cm³/mol. The molecule has 0 aliphatic carbocycles. The molecule has 3 rings (SSSR count). The van der Waals surface area contributed by atoms with Gasteiger partial charge in [0.2, 0.25) is 0 Å². The molecule has 0 saturated heterocycles. The SMILES string of the molecule is CCN(CC)Cc1ccc(CNc2nc3ccccc3o2)cc1. The van der Waals surface area contributed by atoms with Gasteiger partial charge in [0, 0.05) is 13.1 Å². The lowest BCUT2D eigenvalue weighted by Gasteiger charge is -2.18. The molecule has 3 aromatic rings. The van der Waals surface area contributed by atoms with E-state index in [0.717, 1.165) is 30.7 Å². The summed E-state index contributed by atoms with van der Waals surface area (Å²) in [6.45, 7) is 8.27. The van der Waals surface area contributed by atoms with Crippen molar-refractivity contribution in [1.82, 2.24) is 9.88 Å². The van der Waals surface area contributed by atoms with Crippen LogP contribution in [0.5, 0.6) is 0 Å². The average molecular weight is 309 g/mol. The average Bonchev–Trinajstić information content (AvgIpc) is 3.02. The van der Waals surface area contributed by atoms with Crippen LogP contribution in [0.25, 0.3) is 11.1 Å². The Labute approximate surface area is 137 Å². The third-order valence-corrected chi connectivity index (χ3v) is 4.06. The summed E-state index contributed by atoms with van der Waals surface area (Å²) in [4.78, 5) is 6.83. The van der Waals surface area contributed by atoms with E-state index in [1.54, 1.807) is 0 Å². The Kier molecular flexibility index (Phi) is 4.93. The number of hydrogen-bond acceptors (Lipinski definition) is 4. The highest BCUT2D eigenvalue weighted by Gasteiger charge is 2.05. The van der Waals surface area contributed by atoms with Crippen molar-refractivity contribution in [3.8, 4) is 0 Å². The Hall–Kier alpha value is -2.33. The van der Waals surface area contributed by atoms with Crippen molar-refractivity contribution >= 4 is 17.1 Å². The van der Waals surface area contributed by atoms with E-state index in [2.05, 4.69) is 53.3 Å². The molecular formula is C19H23N3O. The standard InChI is InChI=1S/C19H23N3O/c1-3-22(4-2)14-16-11-9-15(10-12-16)13-20-19-21-17-7-5-6-8-18(17)23-19/h5-12H,3-4,13-14H2,1-2H3,(H,20,21). The number of nitrogens with one attached hydrogen (secondary N) is 1. The highest BCUT2D eigenvalue weighted by Crippen LogP contribution is 2.18. The van der Waals surface area contributed by atoms with Gasteiger partial charge in [-0.05, 0) is 36.3 Å². The van der Waals surface area contributed by atoms with Crippen LogP contribution in [0.3, 0.4) is 0 Å². The number of nitrogens with zero attached hydrogens (tertiary/aromatic N) is 2. The van der Waals surface area contributed by atoms with Crippen molar-refractivity contribution in [2.24, 2.45) is 0 Å². The van der Waals surface area contributed by atoms with Crippen LogP contribution in [0.4, 0.5) is 6.01 Å². The topological polar surface area (TPSA) is 41.3 Å². The Balaban J connectivity index is 1.59. The highest BCUT2D eigenvalue weighted by atomic mass is 16.4. The minimum absolute atomic E-state index is 0.568. The first kappa shape index (κ1) is 15.6. The number of fused-ring (bicyclic) bond motifs is 1. The van der Waals surface area contributed by atoms with Crippen molar-refractivity contribution in [3.63, 3.8) is 0 Å². The molecule has 0 amide bonds. The van der Waals surface area contributed by atoms with Crippen LogP contribution >= 0.6 is 0 Å². The Morgan fingerprint density at radius 3 is 2.35 bits per heavy atom. The van der Waals surface area contributed by atoms with Gasteiger partial charge in [0.05, 0.1) is 0 Å². The predicted octanol–water partition coefficient (Wildman–Crippen LogP) is 4.28. The molecule has 0 aliphatic rings. The number of hydrogen-bond donors (Lipinski definition) is 1. The summed E-state index contributed by atoms with van der Waals surface area (Å²) in [6, 6.07) is 17.1. The maximum atomic E-state index is 5.67. The number of para-hydroxylation sites is 2. The monoisotopic (exact) mass is 309 g/mol. The van der Waals surface area contributed by atoms with Gasteiger partial charge in [-0.3, -0.25) is 4.90 Å². The molecule has 4 heteroatoms. The first-order valence-corrected chi connectivity index (χ1v) is 8.18. The maximum absolute atomic E-state index is 5.67. The molecule has 23 heavy (non-hydrogen) atoms. The molecular weight excluding hydrogens is 286 g/mol. The van der Waals surface area contributed by atoms with Crippen LogP contribution in [-0.4, -0.2) is 23.0 Å². The smallest absolute Gasteiger partial charge is 0.295 e. The van der Waals surface area contributed by atoms with E-state index in [0.29, 0.717) is 12.6 Å². The molecule has 0 radical (unpaired) electrons. The minimum Gasteiger partial charge on any atom is -0.424 e. The Morgan fingerprint density at radius 1 is 0.957 bits per heavy atom. The van der Waals surface area contributed by atoms with Crippen molar-refractivity contribution in [1.29, 1.82) is 0 Å². The second-order valence-electron chi connectivity index (χ2n) is 5.62. The summed E-state index contributed by atoms with van der Waals surface area (Å²) in [5.74, 6) is 0. The van der Waals surface area contributed by atoms with E-state index in [-0.39, 0.29) is 0 Å². The number of rotatable bonds is 7. The van der Waals surface area contributed by atoms with Crippen LogP contribution in [-0.2, 0) is 13.1 Å². The number of benzene rings is 2. The van der Waals surface area contributed by atoms with E-state index in [1.165, 1.54) is 11.1 Å². The quantitative estimate of drug-likeness (QED) is 0.707. The molecule has 2 aromatic carbocycles. The van der Waals surface area contributed by atoms with E-state index >= 15 is 0 Å². The fourth-order valence-electron chi connectivity index (χ4n) is 2.59. The molecule has 4 nitrogen and oxygen atoms in total. The molecule has 0 fully saturated rings. The van der Waals surface area contributed by atoms with Crippen LogP contribution in [0.1, 0.15) is 25.0 Å². The van der Waals surface area contributed by atoms with E-state index < -0.39 is 0 Å². The third kappa shape index (κ3) is 3.90. The number of anilines is 1. The van der Waals surface area contributed by atoms with Crippen LogP contribution in [0, 0.1) is 0 Å². The Morgan fingerprint density at radius 2 is 1.65 bits per heavy atom. The first-order chi connectivity index (χ1) is 11.3. The lowest BCUT2D eigenvalue weighted by atomic mass is 10.1. The number of aromatic nitrogens is 1. The normalized spacial score (nSPS) is 11.3. The molecule has 0 bridgehead atoms. The molecule has 0 unspecified atom stereocenters. The fourth-order valence-corrected chi connectivity index (χ4v) is 2.59. The van der Waals surface area contributed by atoms with Gasteiger partial charge >= 0.3 is 0 Å². The van der Waals surface area contributed by atoms with Gasteiger partial charge in [-0.25, -0.2) is 0 Å². The molecule has 1 aromatic heterocycles. The zero-order chi connectivity index (χ0) is 16.1. The third-order valence-electron chi connectivity index (χ3n) is 4.06. The van der Waals surface area contributed by atoms with Crippen molar-refractivity contribution < 1.29 is 4.42 Å².